The zero-order valence-corrected chi connectivity index (χ0v) is 14.3. The van der Waals surface area contributed by atoms with Gasteiger partial charge < -0.3 is 20.0 Å². The first-order chi connectivity index (χ1) is 12.3. The van der Waals surface area contributed by atoms with Crippen LogP contribution in [0.4, 0.5) is 0 Å². The Morgan fingerprint density at radius 3 is 2.77 bits per heavy atom. The maximum Gasteiger partial charge on any atom is 0.335 e. The number of fused-ring (bicyclic) bond motifs is 1. The molecule has 7 nitrogen and oxygen atoms in total. The van der Waals surface area contributed by atoms with Crippen molar-refractivity contribution in [3.8, 4) is 11.8 Å². The number of rotatable bonds is 5. The second kappa shape index (κ2) is 6.50. The smallest absolute Gasteiger partial charge is 0.335 e. The molecule has 1 aromatic heterocycles. The van der Waals surface area contributed by atoms with Gasteiger partial charge in [-0.15, -0.1) is 0 Å². The van der Waals surface area contributed by atoms with E-state index in [-0.39, 0.29) is 18.1 Å². The summed E-state index contributed by atoms with van der Waals surface area (Å²) in [5, 5.41) is 18.4. The number of hydrogen-bond donors (Lipinski definition) is 2. The molecule has 0 unspecified atom stereocenters. The zero-order chi connectivity index (χ0) is 18.9. The van der Waals surface area contributed by atoms with E-state index in [1.807, 2.05) is 13.8 Å². The van der Waals surface area contributed by atoms with Gasteiger partial charge in [-0.05, 0) is 49.7 Å². The fourth-order valence-electron chi connectivity index (χ4n) is 2.45. The lowest BCUT2D eigenvalue weighted by atomic mass is 9.94. The summed E-state index contributed by atoms with van der Waals surface area (Å²) < 4.78 is 11.2. The molecule has 0 saturated carbocycles. The van der Waals surface area contributed by atoms with Gasteiger partial charge in [-0.2, -0.15) is 5.26 Å². The minimum Gasteiger partial charge on any atom is -0.482 e. The molecule has 26 heavy (non-hydrogen) atoms. The van der Waals surface area contributed by atoms with Gasteiger partial charge in [0.1, 0.15) is 17.3 Å². The van der Waals surface area contributed by atoms with Crippen LogP contribution in [0.5, 0.6) is 5.75 Å². The monoisotopic (exact) mass is 351 g/mol. The number of ether oxygens (including phenoxy) is 1. The van der Waals surface area contributed by atoms with E-state index in [2.05, 4.69) is 11.1 Å². The van der Waals surface area contributed by atoms with Gasteiger partial charge in [-0.1, -0.05) is 6.07 Å². The van der Waals surface area contributed by atoms with Gasteiger partial charge in [-0.3, -0.25) is 0 Å². The first-order valence-corrected chi connectivity index (χ1v) is 7.87. The van der Waals surface area contributed by atoms with Crippen molar-refractivity contribution in [3.63, 3.8) is 0 Å². The van der Waals surface area contributed by atoms with Crippen LogP contribution in [0, 0.1) is 11.3 Å². The largest absolute Gasteiger partial charge is 0.482 e. The van der Waals surface area contributed by atoms with Crippen molar-refractivity contribution in [2.75, 3.05) is 0 Å². The number of nitriles is 1. The van der Waals surface area contributed by atoms with Crippen LogP contribution in [0.3, 0.4) is 0 Å². The number of carbonyl (C=O) groups is 1. The van der Waals surface area contributed by atoms with Crippen LogP contribution in [0.1, 0.15) is 41.2 Å². The highest BCUT2D eigenvalue weighted by atomic mass is 16.5. The Labute approximate surface area is 149 Å². The maximum atomic E-state index is 11.0. The van der Waals surface area contributed by atoms with Crippen LogP contribution in [0.15, 0.2) is 40.8 Å². The number of carboxylic acid groups (broad SMARTS) is 1. The minimum atomic E-state index is -1.04. The Hall–Kier alpha value is -3.37. The predicted molar refractivity (Wildman–Crippen MR) is 93.7 cm³/mol. The summed E-state index contributed by atoms with van der Waals surface area (Å²) in [7, 11) is 0. The molecule has 0 saturated heterocycles. The topological polar surface area (TPSA) is 122 Å². The van der Waals surface area contributed by atoms with Gasteiger partial charge in [0.15, 0.2) is 12.2 Å². The first-order valence-electron chi connectivity index (χ1n) is 7.87. The fourth-order valence-corrected chi connectivity index (χ4v) is 2.45. The van der Waals surface area contributed by atoms with Crippen molar-refractivity contribution in [1.82, 2.24) is 4.98 Å². The SMILES string of the molecule is CC(C)(N)c1ccc(OCc2nc3ccc(C(=O)O)cc3o2)c(C#N)c1. The Bertz CT molecular complexity index is 1030. The van der Waals surface area contributed by atoms with E-state index in [4.69, 9.17) is 20.0 Å². The summed E-state index contributed by atoms with van der Waals surface area (Å²) in [6.45, 7) is 3.72. The molecule has 7 heteroatoms. The number of oxazole rings is 1. The molecule has 2 aromatic carbocycles. The molecule has 0 radical (unpaired) electrons. The van der Waals surface area contributed by atoms with Crippen LogP contribution in [0.2, 0.25) is 0 Å². The first kappa shape index (κ1) is 17.5. The third-order valence-electron chi connectivity index (χ3n) is 3.87. The van der Waals surface area contributed by atoms with Crippen molar-refractivity contribution >= 4 is 17.1 Å². The summed E-state index contributed by atoms with van der Waals surface area (Å²) in [5.74, 6) is -0.355. The second-order valence-electron chi connectivity index (χ2n) is 6.43. The van der Waals surface area contributed by atoms with Crippen LogP contribution in [0.25, 0.3) is 11.1 Å². The van der Waals surface area contributed by atoms with E-state index in [1.54, 1.807) is 24.3 Å². The lowest BCUT2D eigenvalue weighted by molar-refractivity contribution is 0.0697. The molecule has 1 heterocycles. The number of carboxylic acids is 1. The average molecular weight is 351 g/mol. The highest BCUT2D eigenvalue weighted by molar-refractivity contribution is 5.91. The Balaban J connectivity index is 1.82. The normalized spacial score (nSPS) is 11.3. The Morgan fingerprint density at radius 2 is 2.12 bits per heavy atom. The highest BCUT2D eigenvalue weighted by Crippen LogP contribution is 2.26. The predicted octanol–water partition coefficient (Wildman–Crippen LogP) is 3.17. The van der Waals surface area contributed by atoms with Crippen LogP contribution >= 0.6 is 0 Å². The van der Waals surface area contributed by atoms with E-state index in [1.165, 1.54) is 12.1 Å². The summed E-state index contributed by atoms with van der Waals surface area (Å²) in [6.07, 6.45) is 0. The molecule has 3 rings (SSSR count). The van der Waals surface area contributed by atoms with Gasteiger partial charge in [0.05, 0.1) is 11.1 Å². The van der Waals surface area contributed by atoms with Gasteiger partial charge in [0.2, 0.25) is 5.89 Å². The van der Waals surface area contributed by atoms with Crippen molar-refractivity contribution in [1.29, 1.82) is 5.26 Å². The molecule has 3 aromatic rings. The van der Waals surface area contributed by atoms with Gasteiger partial charge in [0.25, 0.3) is 0 Å². The second-order valence-corrected chi connectivity index (χ2v) is 6.43. The van der Waals surface area contributed by atoms with E-state index in [0.29, 0.717) is 22.4 Å². The maximum absolute atomic E-state index is 11.0. The molecule has 0 spiro atoms. The van der Waals surface area contributed by atoms with E-state index >= 15 is 0 Å². The van der Waals surface area contributed by atoms with Crippen molar-refractivity contribution in [2.45, 2.75) is 26.0 Å². The summed E-state index contributed by atoms with van der Waals surface area (Å²) in [5.41, 5.74) is 7.70. The van der Waals surface area contributed by atoms with Gasteiger partial charge >= 0.3 is 5.97 Å². The standard InChI is InChI=1S/C19H17N3O4/c1-19(2,21)13-4-6-15(12(7-13)9-20)25-10-17-22-14-5-3-11(18(23)24)8-16(14)26-17/h3-8H,10,21H2,1-2H3,(H,23,24). The third kappa shape index (κ3) is 3.50. The number of nitrogens with zero attached hydrogens (tertiary/aromatic N) is 2. The van der Waals surface area contributed by atoms with Crippen LogP contribution < -0.4 is 10.5 Å². The van der Waals surface area contributed by atoms with Gasteiger partial charge in [0, 0.05) is 5.54 Å². The molecule has 0 aliphatic heterocycles. The molecule has 0 aliphatic carbocycles. The fraction of sp³-hybridized carbons (Fsp3) is 0.211. The van der Waals surface area contributed by atoms with Gasteiger partial charge in [-0.25, -0.2) is 9.78 Å². The number of nitrogens with two attached hydrogens (primary N) is 1. The Kier molecular flexibility index (Phi) is 4.36. The highest BCUT2D eigenvalue weighted by Gasteiger charge is 2.17. The lowest BCUT2D eigenvalue weighted by Gasteiger charge is -2.20. The number of hydrogen-bond acceptors (Lipinski definition) is 6. The molecule has 0 amide bonds. The Morgan fingerprint density at radius 1 is 1.35 bits per heavy atom. The van der Waals surface area contributed by atoms with Crippen molar-refractivity contribution in [3.05, 3.63) is 59.0 Å². The molecule has 0 bridgehead atoms. The molecular weight excluding hydrogens is 334 g/mol. The quantitative estimate of drug-likeness (QED) is 0.723. The van der Waals surface area contributed by atoms with Crippen LogP contribution in [-0.2, 0) is 12.1 Å². The third-order valence-corrected chi connectivity index (χ3v) is 3.87. The summed E-state index contributed by atoms with van der Waals surface area (Å²) >= 11 is 0. The molecule has 132 valence electrons. The molecule has 3 N–H and O–H groups in total. The lowest BCUT2D eigenvalue weighted by Crippen LogP contribution is -2.28. The summed E-state index contributed by atoms with van der Waals surface area (Å²) in [4.78, 5) is 15.3. The molecular formula is C19H17N3O4. The van der Waals surface area contributed by atoms with E-state index < -0.39 is 11.5 Å². The number of aromatic carboxylic acids is 1. The summed E-state index contributed by atoms with van der Waals surface area (Å²) in [6, 6.07) is 11.7. The minimum absolute atomic E-state index is 0.0110. The average Bonchev–Trinajstić information content (AvgIpc) is 3.00. The van der Waals surface area contributed by atoms with Crippen molar-refractivity contribution < 1.29 is 19.1 Å². The van der Waals surface area contributed by atoms with Crippen molar-refractivity contribution in [2.24, 2.45) is 5.73 Å². The number of benzene rings is 2. The number of aromatic nitrogens is 1. The zero-order valence-electron chi connectivity index (χ0n) is 14.3. The van der Waals surface area contributed by atoms with E-state index in [0.717, 1.165) is 5.56 Å². The van der Waals surface area contributed by atoms with E-state index in [9.17, 15) is 10.1 Å². The molecule has 0 fully saturated rings. The molecule has 0 aliphatic rings. The van der Waals surface area contributed by atoms with Crippen LogP contribution in [-0.4, -0.2) is 16.1 Å². The molecule has 0 atom stereocenters.